The first-order valence-electron chi connectivity index (χ1n) is 10.2. The maximum absolute atomic E-state index is 13.8. The molecule has 0 radical (unpaired) electrons. The van der Waals surface area contributed by atoms with E-state index in [1.54, 1.807) is 31.4 Å². The predicted molar refractivity (Wildman–Crippen MR) is 125 cm³/mol. The predicted octanol–water partition coefficient (Wildman–Crippen LogP) is 5.64. The molecule has 168 valence electrons. The van der Waals surface area contributed by atoms with Gasteiger partial charge in [-0.05, 0) is 58.0 Å². The Morgan fingerprint density at radius 3 is 2.48 bits per heavy atom. The number of methoxy groups -OCH3 is 1. The summed E-state index contributed by atoms with van der Waals surface area (Å²) in [5.41, 5.74) is 0.701. The summed E-state index contributed by atoms with van der Waals surface area (Å²) in [6.45, 7) is 9.85. The average molecular weight is 449 g/mol. The van der Waals surface area contributed by atoms with E-state index in [9.17, 15) is 9.18 Å². The maximum Gasteiger partial charge on any atom is 0.248 e. The number of carbonyl (C=O) groups excluding carboxylic acids is 1. The summed E-state index contributed by atoms with van der Waals surface area (Å²) >= 11 is 5.98. The van der Waals surface area contributed by atoms with Crippen molar-refractivity contribution in [1.82, 2.24) is 4.90 Å². The van der Waals surface area contributed by atoms with E-state index in [0.29, 0.717) is 35.9 Å². The molecule has 0 aliphatic heterocycles. The molecule has 0 aliphatic carbocycles. The zero-order valence-electron chi connectivity index (χ0n) is 18.6. The van der Waals surface area contributed by atoms with Crippen molar-refractivity contribution >= 4 is 29.3 Å². The Kier molecular flexibility index (Phi) is 9.34. The monoisotopic (exact) mass is 448 g/mol. The lowest BCUT2D eigenvalue weighted by Gasteiger charge is -2.30. The Morgan fingerprint density at radius 1 is 1.16 bits per heavy atom. The lowest BCUT2D eigenvalue weighted by atomic mass is 10.2. The van der Waals surface area contributed by atoms with Crippen molar-refractivity contribution in [1.29, 1.82) is 0 Å². The first kappa shape index (κ1) is 24.7. The molecule has 0 atom stereocenters. The molecule has 2 aromatic carbocycles. The van der Waals surface area contributed by atoms with Crippen molar-refractivity contribution in [2.75, 3.05) is 25.6 Å². The van der Waals surface area contributed by atoms with Gasteiger partial charge >= 0.3 is 0 Å². The Labute approximate surface area is 188 Å². The summed E-state index contributed by atoms with van der Waals surface area (Å²) in [5.74, 6) is 0.205. The van der Waals surface area contributed by atoms with Crippen LogP contribution in [-0.2, 0) is 4.79 Å². The summed E-state index contributed by atoms with van der Waals surface area (Å²) in [6.07, 6.45) is 2.58. The first-order chi connectivity index (χ1) is 14.7. The lowest BCUT2D eigenvalue weighted by molar-refractivity contribution is -0.111. The van der Waals surface area contributed by atoms with Gasteiger partial charge in [-0.3, -0.25) is 9.69 Å². The van der Waals surface area contributed by atoms with Crippen LogP contribution in [0, 0.1) is 5.82 Å². The molecule has 0 heterocycles. The van der Waals surface area contributed by atoms with Crippen molar-refractivity contribution in [3.8, 4) is 11.5 Å². The Bertz CT molecular complexity index is 887. The Morgan fingerprint density at radius 2 is 1.87 bits per heavy atom. The van der Waals surface area contributed by atoms with Gasteiger partial charge in [0.25, 0.3) is 0 Å². The summed E-state index contributed by atoms with van der Waals surface area (Å²) < 4.78 is 25.1. The fourth-order valence-corrected chi connectivity index (χ4v) is 3.48. The van der Waals surface area contributed by atoms with Gasteiger partial charge in [0.05, 0.1) is 12.1 Å². The van der Waals surface area contributed by atoms with Gasteiger partial charge in [-0.15, -0.1) is 0 Å². The van der Waals surface area contributed by atoms with E-state index < -0.39 is 11.7 Å². The molecule has 0 fully saturated rings. The number of nitrogens with zero attached hydrogens (tertiary/aromatic N) is 1. The summed E-state index contributed by atoms with van der Waals surface area (Å²) in [7, 11) is 1.57. The number of nitrogens with one attached hydrogen (secondary N) is 1. The zero-order valence-corrected chi connectivity index (χ0v) is 19.4. The smallest absolute Gasteiger partial charge is 0.248 e. The van der Waals surface area contributed by atoms with Gasteiger partial charge in [0.1, 0.15) is 12.4 Å². The highest BCUT2D eigenvalue weighted by molar-refractivity contribution is 6.32. The van der Waals surface area contributed by atoms with E-state index in [1.807, 2.05) is 0 Å². The number of rotatable bonds is 10. The van der Waals surface area contributed by atoms with Crippen LogP contribution in [-0.4, -0.2) is 43.2 Å². The molecule has 1 amide bonds. The molecule has 0 spiro atoms. The van der Waals surface area contributed by atoms with Gasteiger partial charge in [-0.2, -0.15) is 0 Å². The Hall–Kier alpha value is -2.57. The summed E-state index contributed by atoms with van der Waals surface area (Å²) in [4.78, 5) is 14.6. The largest absolute Gasteiger partial charge is 0.493 e. The third-order valence-corrected chi connectivity index (χ3v) is 5.10. The minimum atomic E-state index is -0.492. The second-order valence-corrected chi connectivity index (χ2v) is 8.00. The molecular formula is C24H30ClFN2O3. The van der Waals surface area contributed by atoms with Gasteiger partial charge in [0, 0.05) is 42.0 Å². The van der Waals surface area contributed by atoms with Gasteiger partial charge in [0.15, 0.2) is 11.5 Å². The normalized spacial score (nSPS) is 11.5. The van der Waals surface area contributed by atoms with Crippen LogP contribution in [0.5, 0.6) is 11.5 Å². The van der Waals surface area contributed by atoms with Crippen molar-refractivity contribution in [3.05, 3.63) is 58.9 Å². The van der Waals surface area contributed by atoms with Crippen LogP contribution in [0.25, 0.3) is 6.08 Å². The number of amides is 1. The standard InChI is InChI=1S/C24H30ClFN2O3/c1-16(2)28(17(3)4)13-14-31-23-15-18(9-11-22(23)30-5)27-24(29)12-10-19-20(25)7-6-8-21(19)26/h6-12,15-17H,13-14H2,1-5H3,(H,27,29)/b12-10+. The van der Waals surface area contributed by atoms with E-state index in [-0.39, 0.29) is 10.6 Å². The van der Waals surface area contributed by atoms with Crippen molar-refractivity contribution in [3.63, 3.8) is 0 Å². The van der Waals surface area contributed by atoms with E-state index >= 15 is 0 Å². The number of hydrogen-bond donors (Lipinski definition) is 1. The molecule has 0 aliphatic rings. The fraction of sp³-hybridized carbons (Fsp3) is 0.375. The molecule has 0 saturated carbocycles. The number of halogens is 2. The average Bonchev–Trinajstić information content (AvgIpc) is 2.70. The van der Waals surface area contributed by atoms with Crippen LogP contribution >= 0.6 is 11.6 Å². The van der Waals surface area contributed by atoms with Crippen molar-refractivity contribution < 1.29 is 18.7 Å². The number of ether oxygens (including phenoxy) is 2. The third kappa shape index (κ3) is 7.26. The van der Waals surface area contributed by atoms with Crippen molar-refractivity contribution in [2.45, 2.75) is 39.8 Å². The zero-order chi connectivity index (χ0) is 23.0. The van der Waals surface area contributed by atoms with Crippen LogP contribution in [0.3, 0.4) is 0 Å². The molecule has 0 unspecified atom stereocenters. The number of benzene rings is 2. The van der Waals surface area contributed by atoms with Gasteiger partial charge in [-0.25, -0.2) is 4.39 Å². The molecule has 2 aromatic rings. The van der Waals surface area contributed by atoms with Crippen LogP contribution in [0.4, 0.5) is 10.1 Å². The van der Waals surface area contributed by atoms with Crippen LogP contribution < -0.4 is 14.8 Å². The van der Waals surface area contributed by atoms with Crippen molar-refractivity contribution in [2.24, 2.45) is 0 Å². The molecule has 2 rings (SSSR count). The topological polar surface area (TPSA) is 50.8 Å². The first-order valence-corrected chi connectivity index (χ1v) is 10.6. The summed E-state index contributed by atoms with van der Waals surface area (Å²) in [6, 6.07) is 10.3. The van der Waals surface area contributed by atoms with E-state index in [2.05, 4.69) is 37.9 Å². The lowest BCUT2D eigenvalue weighted by Crippen LogP contribution is -2.39. The minimum Gasteiger partial charge on any atom is -0.493 e. The highest BCUT2D eigenvalue weighted by atomic mass is 35.5. The number of carbonyl (C=O) groups is 1. The molecule has 31 heavy (non-hydrogen) atoms. The molecule has 1 N–H and O–H groups in total. The molecule has 7 heteroatoms. The number of hydrogen-bond acceptors (Lipinski definition) is 4. The second kappa shape index (κ2) is 11.7. The van der Waals surface area contributed by atoms with Gasteiger partial charge in [-0.1, -0.05) is 17.7 Å². The SMILES string of the molecule is COc1ccc(NC(=O)/C=C/c2c(F)cccc2Cl)cc1OCCN(C(C)C)C(C)C. The molecular weight excluding hydrogens is 419 g/mol. The minimum absolute atomic E-state index is 0.165. The van der Waals surface area contributed by atoms with E-state index in [1.165, 1.54) is 24.3 Å². The summed E-state index contributed by atoms with van der Waals surface area (Å²) in [5, 5.41) is 2.98. The molecule has 0 saturated heterocycles. The van der Waals surface area contributed by atoms with Crippen LogP contribution in [0.15, 0.2) is 42.5 Å². The molecule has 0 aromatic heterocycles. The Balaban J connectivity index is 2.05. The van der Waals surface area contributed by atoms with Gasteiger partial charge < -0.3 is 14.8 Å². The highest BCUT2D eigenvalue weighted by Gasteiger charge is 2.14. The maximum atomic E-state index is 13.8. The van der Waals surface area contributed by atoms with Crippen LogP contribution in [0.1, 0.15) is 33.3 Å². The van der Waals surface area contributed by atoms with E-state index in [4.69, 9.17) is 21.1 Å². The number of anilines is 1. The third-order valence-electron chi connectivity index (χ3n) is 4.77. The fourth-order valence-electron chi connectivity index (χ4n) is 3.25. The highest BCUT2D eigenvalue weighted by Crippen LogP contribution is 2.30. The molecule has 0 bridgehead atoms. The van der Waals surface area contributed by atoms with Gasteiger partial charge in [0.2, 0.25) is 5.91 Å². The quantitative estimate of drug-likeness (QED) is 0.478. The molecule has 5 nitrogen and oxygen atoms in total. The second-order valence-electron chi connectivity index (χ2n) is 7.60. The van der Waals surface area contributed by atoms with Crippen LogP contribution in [0.2, 0.25) is 5.02 Å². The van der Waals surface area contributed by atoms with E-state index in [0.717, 1.165) is 6.54 Å².